The Morgan fingerprint density at radius 3 is 2.62 bits per heavy atom. The van der Waals surface area contributed by atoms with E-state index in [4.69, 9.17) is 19.0 Å². The van der Waals surface area contributed by atoms with Gasteiger partial charge in [0, 0.05) is 5.56 Å². The number of furan rings is 1. The molecule has 2 aromatic rings. The third-order valence-corrected chi connectivity index (χ3v) is 4.50. The second-order valence-electron chi connectivity index (χ2n) is 6.61. The molecule has 1 aromatic carbocycles. The number of hydrogen-bond acceptors (Lipinski definition) is 8. The number of hydrogen-bond donors (Lipinski definition) is 2. The molecule has 3 rings (SSSR count). The Balaban J connectivity index is 1.86. The molecule has 1 atom stereocenters. The van der Waals surface area contributed by atoms with Crippen LogP contribution in [0, 0.1) is 0 Å². The molecule has 1 saturated heterocycles. The number of rotatable bonds is 8. The zero-order valence-electron chi connectivity index (χ0n) is 17.4. The van der Waals surface area contributed by atoms with Crippen molar-refractivity contribution in [3.05, 3.63) is 53.1 Å². The van der Waals surface area contributed by atoms with Crippen LogP contribution in [0.4, 0.5) is 4.79 Å². The molecule has 0 unspecified atom stereocenters. The van der Waals surface area contributed by atoms with Gasteiger partial charge in [-0.2, -0.15) is 0 Å². The van der Waals surface area contributed by atoms with Crippen LogP contribution in [0.1, 0.15) is 28.8 Å². The van der Waals surface area contributed by atoms with Gasteiger partial charge in [-0.15, -0.1) is 0 Å². The number of aliphatic carboxylic acids is 1. The topological polar surface area (TPSA) is 145 Å². The molecule has 0 spiro atoms. The Morgan fingerprint density at radius 2 is 1.97 bits per heavy atom. The fraction of sp³-hybridized carbons (Fsp3) is 0.238. The number of nitrogens with zero attached hydrogens (tertiary/aromatic N) is 1. The monoisotopic (exact) mass is 444 g/mol. The first kappa shape index (κ1) is 22.4. The number of carboxylic acids is 1. The molecule has 1 aliphatic rings. The summed E-state index contributed by atoms with van der Waals surface area (Å²) in [5.74, 6) is -2.01. The van der Waals surface area contributed by atoms with Crippen molar-refractivity contribution in [1.82, 2.24) is 10.2 Å². The summed E-state index contributed by atoms with van der Waals surface area (Å²) in [7, 11) is 2.59. The molecule has 0 saturated carbocycles. The Labute approximate surface area is 182 Å². The van der Waals surface area contributed by atoms with Crippen LogP contribution in [-0.4, -0.2) is 54.2 Å². The highest BCUT2D eigenvalue weighted by Crippen LogP contribution is 2.34. The maximum absolute atomic E-state index is 12.8. The van der Waals surface area contributed by atoms with Crippen molar-refractivity contribution in [2.75, 3.05) is 14.2 Å². The molecule has 0 radical (unpaired) electrons. The lowest BCUT2D eigenvalue weighted by molar-refractivity contribution is -0.144. The minimum absolute atomic E-state index is 0.0592. The van der Waals surface area contributed by atoms with E-state index in [-0.39, 0.29) is 35.3 Å². The highest BCUT2D eigenvalue weighted by atomic mass is 16.5. The minimum Gasteiger partial charge on any atom is -0.493 e. The minimum atomic E-state index is -1.18. The van der Waals surface area contributed by atoms with E-state index in [0.29, 0.717) is 5.56 Å². The summed E-state index contributed by atoms with van der Waals surface area (Å²) in [6.45, 7) is 1.14. The van der Waals surface area contributed by atoms with Gasteiger partial charge in [0.05, 0.1) is 20.8 Å². The number of amides is 3. The van der Waals surface area contributed by atoms with E-state index in [0.717, 1.165) is 4.90 Å². The summed E-state index contributed by atoms with van der Waals surface area (Å²) in [4.78, 5) is 48.7. The fourth-order valence-electron chi connectivity index (χ4n) is 2.86. The van der Waals surface area contributed by atoms with Crippen LogP contribution in [0.25, 0.3) is 6.08 Å². The Morgan fingerprint density at radius 1 is 1.22 bits per heavy atom. The van der Waals surface area contributed by atoms with Gasteiger partial charge in [-0.3, -0.25) is 9.69 Å². The average molecular weight is 444 g/mol. The summed E-state index contributed by atoms with van der Waals surface area (Å²) in [6.07, 6.45) is 0.172. The number of urea groups is 1. The first-order chi connectivity index (χ1) is 15.2. The molecule has 3 amide bonds. The van der Waals surface area contributed by atoms with E-state index in [1.165, 1.54) is 39.4 Å². The summed E-state index contributed by atoms with van der Waals surface area (Å²) in [5.41, 5.74) is 0.268. The zero-order chi connectivity index (χ0) is 23.4. The van der Waals surface area contributed by atoms with Gasteiger partial charge in [0.1, 0.15) is 11.5 Å². The number of benzene rings is 1. The van der Waals surface area contributed by atoms with Crippen molar-refractivity contribution >= 4 is 30.0 Å². The molecule has 2 N–H and O–H groups in total. The SMILES string of the molecule is COC(=O)c1ccc(CN2C(=O)N/C(=C/c3cccc(OC)c3O[C@H](C)C(=O)O)C2=O)o1. The second kappa shape index (κ2) is 9.25. The molecule has 1 aromatic heterocycles. The molecule has 2 heterocycles. The second-order valence-corrected chi connectivity index (χ2v) is 6.61. The number of carboxylic acid groups (broad SMARTS) is 1. The van der Waals surface area contributed by atoms with Gasteiger partial charge < -0.3 is 29.1 Å². The maximum atomic E-state index is 12.8. The number of nitrogens with one attached hydrogen (secondary N) is 1. The number of esters is 1. The highest BCUT2D eigenvalue weighted by Gasteiger charge is 2.35. The molecule has 1 fully saturated rings. The Bertz CT molecular complexity index is 1100. The third-order valence-electron chi connectivity index (χ3n) is 4.50. The van der Waals surface area contributed by atoms with E-state index in [1.54, 1.807) is 18.2 Å². The van der Waals surface area contributed by atoms with Crippen molar-refractivity contribution in [2.45, 2.75) is 19.6 Å². The van der Waals surface area contributed by atoms with E-state index in [1.807, 2.05) is 0 Å². The van der Waals surface area contributed by atoms with Crippen molar-refractivity contribution in [3.63, 3.8) is 0 Å². The number of carbonyl (C=O) groups excluding carboxylic acids is 3. The van der Waals surface area contributed by atoms with Gasteiger partial charge in [-0.1, -0.05) is 12.1 Å². The molecular formula is C21H20N2O9. The molecule has 32 heavy (non-hydrogen) atoms. The van der Waals surface area contributed by atoms with Crippen LogP contribution in [-0.2, 0) is 20.9 Å². The first-order valence-electron chi connectivity index (χ1n) is 9.33. The van der Waals surface area contributed by atoms with Crippen molar-refractivity contribution < 1.29 is 42.9 Å². The molecule has 11 nitrogen and oxygen atoms in total. The molecular weight excluding hydrogens is 424 g/mol. The van der Waals surface area contributed by atoms with Crippen molar-refractivity contribution in [3.8, 4) is 11.5 Å². The largest absolute Gasteiger partial charge is 0.493 e. The van der Waals surface area contributed by atoms with Crippen LogP contribution in [0.5, 0.6) is 11.5 Å². The normalized spacial score (nSPS) is 15.5. The number of imide groups is 1. The maximum Gasteiger partial charge on any atom is 0.373 e. The summed E-state index contributed by atoms with van der Waals surface area (Å²) in [5, 5.41) is 11.6. The molecule has 1 aliphatic heterocycles. The predicted octanol–water partition coefficient (Wildman–Crippen LogP) is 2.02. The van der Waals surface area contributed by atoms with Gasteiger partial charge in [0.25, 0.3) is 5.91 Å². The molecule has 0 aliphatic carbocycles. The lowest BCUT2D eigenvalue weighted by Gasteiger charge is -2.16. The van der Waals surface area contributed by atoms with Crippen LogP contribution in [0.15, 0.2) is 40.4 Å². The Hall–Kier alpha value is -4.28. The van der Waals surface area contributed by atoms with Gasteiger partial charge in [0.2, 0.25) is 5.76 Å². The average Bonchev–Trinajstić information content (AvgIpc) is 3.34. The number of para-hydroxylation sites is 1. The number of carbonyl (C=O) groups is 4. The quantitative estimate of drug-likeness (QED) is 0.355. The lowest BCUT2D eigenvalue weighted by Crippen LogP contribution is -2.30. The van der Waals surface area contributed by atoms with Crippen molar-refractivity contribution in [1.29, 1.82) is 0 Å². The standard InChI is InChI=1S/C21H20N2O9/c1-11(19(25)26)31-17-12(5-4-6-15(17)29-2)9-14-18(24)23(21(28)22-14)10-13-7-8-16(32-13)20(27)30-3/h4-9,11H,10H2,1-3H3,(H,22,28)(H,25,26)/b14-9+/t11-/m1/s1. The highest BCUT2D eigenvalue weighted by molar-refractivity contribution is 6.14. The number of methoxy groups -OCH3 is 2. The van der Waals surface area contributed by atoms with E-state index >= 15 is 0 Å². The lowest BCUT2D eigenvalue weighted by atomic mass is 10.1. The zero-order valence-corrected chi connectivity index (χ0v) is 17.4. The fourth-order valence-corrected chi connectivity index (χ4v) is 2.86. The van der Waals surface area contributed by atoms with Crippen LogP contribution >= 0.6 is 0 Å². The van der Waals surface area contributed by atoms with E-state index in [2.05, 4.69) is 10.1 Å². The first-order valence-corrected chi connectivity index (χ1v) is 9.33. The molecule has 168 valence electrons. The number of ether oxygens (including phenoxy) is 3. The Kier molecular flexibility index (Phi) is 6.47. The van der Waals surface area contributed by atoms with Gasteiger partial charge >= 0.3 is 18.0 Å². The van der Waals surface area contributed by atoms with Crippen LogP contribution < -0.4 is 14.8 Å². The summed E-state index contributed by atoms with van der Waals surface area (Å²) < 4.78 is 20.6. The van der Waals surface area contributed by atoms with Crippen LogP contribution in [0.2, 0.25) is 0 Å². The van der Waals surface area contributed by atoms with Gasteiger partial charge in [-0.25, -0.2) is 14.4 Å². The van der Waals surface area contributed by atoms with Gasteiger partial charge in [-0.05, 0) is 31.2 Å². The molecule has 0 bridgehead atoms. The van der Waals surface area contributed by atoms with Crippen molar-refractivity contribution in [2.24, 2.45) is 0 Å². The summed E-state index contributed by atoms with van der Waals surface area (Å²) >= 11 is 0. The summed E-state index contributed by atoms with van der Waals surface area (Å²) in [6, 6.07) is 6.91. The predicted molar refractivity (Wildman–Crippen MR) is 108 cm³/mol. The van der Waals surface area contributed by atoms with E-state index < -0.39 is 30.0 Å². The smallest absolute Gasteiger partial charge is 0.373 e. The van der Waals surface area contributed by atoms with Gasteiger partial charge in [0.15, 0.2) is 17.6 Å². The van der Waals surface area contributed by atoms with E-state index in [9.17, 15) is 19.2 Å². The third kappa shape index (κ3) is 4.56. The van der Waals surface area contributed by atoms with Crippen LogP contribution in [0.3, 0.4) is 0 Å². The molecule has 11 heteroatoms.